The quantitative estimate of drug-likeness (QED) is 0.696. The zero-order chi connectivity index (χ0) is 14.6. The Kier molecular flexibility index (Phi) is 4.39. The van der Waals surface area contributed by atoms with E-state index in [2.05, 4.69) is 17.2 Å². The van der Waals surface area contributed by atoms with Crippen LogP contribution in [0.1, 0.15) is 5.56 Å². The lowest BCUT2D eigenvalue weighted by molar-refractivity contribution is -0.122. The van der Waals surface area contributed by atoms with Crippen LogP contribution in [0.3, 0.4) is 0 Å². The average molecular weight is 294 g/mol. The van der Waals surface area contributed by atoms with Crippen molar-refractivity contribution in [3.63, 3.8) is 0 Å². The molecule has 1 aliphatic heterocycles. The maximum Gasteiger partial charge on any atom is 0.243 e. The fourth-order valence-electron chi connectivity index (χ4n) is 1.82. The van der Waals surface area contributed by atoms with Gasteiger partial charge in [0, 0.05) is 18.7 Å². The summed E-state index contributed by atoms with van der Waals surface area (Å²) in [6, 6.07) is 6.03. The van der Waals surface area contributed by atoms with Crippen LogP contribution in [0.25, 0.3) is 0 Å². The summed E-state index contributed by atoms with van der Waals surface area (Å²) in [5, 5.41) is 11.2. The number of piperazine rings is 1. The molecule has 0 aliphatic carbocycles. The summed E-state index contributed by atoms with van der Waals surface area (Å²) < 4.78 is 25.8. The smallest absolute Gasteiger partial charge is 0.243 e. The first-order chi connectivity index (χ1) is 9.54. The van der Waals surface area contributed by atoms with E-state index in [1.165, 1.54) is 12.1 Å². The van der Waals surface area contributed by atoms with Crippen LogP contribution in [0.5, 0.6) is 0 Å². The molecule has 0 saturated carbocycles. The van der Waals surface area contributed by atoms with Crippen molar-refractivity contribution in [2.24, 2.45) is 0 Å². The second kappa shape index (κ2) is 6.05. The van der Waals surface area contributed by atoms with Gasteiger partial charge in [0.15, 0.2) is 0 Å². The predicted octanol–water partition coefficient (Wildman–Crippen LogP) is -0.849. The lowest BCUT2D eigenvalue weighted by Crippen LogP contribution is -2.49. The molecule has 0 spiro atoms. The Morgan fingerprint density at radius 2 is 2.00 bits per heavy atom. The Morgan fingerprint density at radius 1 is 1.30 bits per heavy atom. The van der Waals surface area contributed by atoms with Gasteiger partial charge in [0.25, 0.3) is 0 Å². The highest BCUT2D eigenvalue weighted by Crippen LogP contribution is 2.16. The summed E-state index contributed by atoms with van der Waals surface area (Å²) in [5.41, 5.74) is 0.620. The van der Waals surface area contributed by atoms with Crippen molar-refractivity contribution in [1.82, 2.24) is 9.62 Å². The molecule has 0 atom stereocenters. The van der Waals surface area contributed by atoms with Gasteiger partial charge in [-0.25, -0.2) is 8.42 Å². The van der Waals surface area contributed by atoms with Crippen LogP contribution < -0.4 is 5.32 Å². The van der Waals surface area contributed by atoms with Gasteiger partial charge in [-0.1, -0.05) is 11.8 Å². The van der Waals surface area contributed by atoms with Crippen LogP contribution in [-0.2, 0) is 14.8 Å². The minimum atomic E-state index is -3.66. The molecule has 0 aromatic heterocycles. The zero-order valence-electron chi connectivity index (χ0n) is 10.7. The van der Waals surface area contributed by atoms with E-state index in [9.17, 15) is 13.2 Å². The molecule has 1 fully saturated rings. The molecule has 20 heavy (non-hydrogen) atoms. The van der Waals surface area contributed by atoms with Gasteiger partial charge in [-0.15, -0.1) is 0 Å². The van der Waals surface area contributed by atoms with Crippen LogP contribution >= 0.6 is 0 Å². The summed E-state index contributed by atoms with van der Waals surface area (Å²) in [7, 11) is -3.66. The number of benzene rings is 1. The molecule has 1 saturated heterocycles. The van der Waals surface area contributed by atoms with Crippen molar-refractivity contribution >= 4 is 15.9 Å². The summed E-state index contributed by atoms with van der Waals surface area (Å²) in [6.07, 6.45) is 0. The molecule has 2 rings (SSSR count). The Hall–Kier alpha value is -1.88. The first-order valence-corrected chi connectivity index (χ1v) is 7.44. The number of hydrogen-bond acceptors (Lipinski definition) is 4. The van der Waals surface area contributed by atoms with E-state index in [4.69, 9.17) is 5.11 Å². The van der Waals surface area contributed by atoms with Crippen molar-refractivity contribution < 1.29 is 18.3 Å². The van der Waals surface area contributed by atoms with Crippen LogP contribution in [-0.4, -0.2) is 50.0 Å². The van der Waals surface area contributed by atoms with Gasteiger partial charge < -0.3 is 10.4 Å². The average Bonchev–Trinajstić information content (AvgIpc) is 2.45. The minimum absolute atomic E-state index is 0.127. The molecule has 1 heterocycles. The van der Waals surface area contributed by atoms with Crippen molar-refractivity contribution in [2.75, 3.05) is 26.2 Å². The number of sulfonamides is 1. The van der Waals surface area contributed by atoms with Crippen molar-refractivity contribution in [2.45, 2.75) is 4.90 Å². The lowest BCUT2D eigenvalue weighted by atomic mass is 10.2. The van der Waals surface area contributed by atoms with Gasteiger partial charge in [-0.2, -0.15) is 4.31 Å². The van der Waals surface area contributed by atoms with E-state index < -0.39 is 10.0 Å². The molecule has 0 unspecified atom stereocenters. The Morgan fingerprint density at radius 3 is 2.60 bits per heavy atom. The van der Waals surface area contributed by atoms with Gasteiger partial charge in [0.05, 0.1) is 11.4 Å². The van der Waals surface area contributed by atoms with Crippen LogP contribution in [0, 0.1) is 11.8 Å². The molecule has 1 aromatic carbocycles. The number of aliphatic hydroxyl groups is 1. The summed E-state index contributed by atoms with van der Waals surface area (Å²) in [6.45, 7) is 0.176. The largest absolute Gasteiger partial charge is 0.384 e. The maximum absolute atomic E-state index is 12.3. The Bertz CT molecular complexity index is 656. The van der Waals surface area contributed by atoms with E-state index in [0.29, 0.717) is 12.1 Å². The van der Waals surface area contributed by atoms with Gasteiger partial charge in [-0.3, -0.25) is 4.79 Å². The minimum Gasteiger partial charge on any atom is -0.384 e. The van der Waals surface area contributed by atoms with E-state index in [-0.39, 0.29) is 30.5 Å². The van der Waals surface area contributed by atoms with Gasteiger partial charge >= 0.3 is 0 Å². The highest BCUT2D eigenvalue weighted by molar-refractivity contribution is 7.89. The van der Waals surface area contributed by atoms with Gasteiger partial charge in [-0.05, 0) is 24.3 Å². The van der Waals surface area contributed by atoms with Crippen LogP contribution in [0.15, 0.2) is 29.2 Å². The molecule has 7 heteroatoms. The maximum atomic E-state index is 12.3. The normalized spacial score (nSPS) is 16.1. The Balaban J connectivity index is 2.23. The number of hydrogen-bond donors (Lipinski definition) is 2. The third kappa shape index (κ3) is 3.17. The fourth-order valence-corrected chi connectivity index (χ4v) is 3.22. The van der Waals surface area contributed by atoms with Crippen molar-refractivity contribution in [3.05, 3.63) is 29.8 Å². The number of amides is 1. The predicted molar refractivity (Wildman–Crippen MR) is 72.2 cm³/mol. The number of rotatable bonds is 2. The van der Waals surface area contributed by atoms with Crippen LogP contribution in [0.2, 0.25) is 0 Å². The van der Waals surface area contributed by atoms with Crippen LogP contribution in [0.4, 0.5) is 0 Å². The van der Waals surface area contributed by atoms with Crippen molar-refractivity contribution in [1.29, 1.82) is 0 Å². The molecule has 1 aliphatic rings. The first kappa shape index (κ1) is 14.5. The number of nitrogens with one attached hydrogen (secondary N) is 1. The van der Waals surface area contributed by atoms with E-state index in [1.807, 2.05) is 0 Å². The highest BCUT2D eigenvalue weighted by Gasteiger charge is 2.28. The molecule has 2 N–H and O–H groups in total. The lowest BCUT2D eigenvalue weighted by Gasteiger charge is -2.25. The third-order valence-corrected chi connectivity index (χ3v) is 4.67. The monoisotopic (exact) mass is 294 g/mol. The number of aliphatic hydroxyl groups excluding tert-OH is 1. The third-order valence-electron chi connectivity index (χ3n) is 2.81. The van der Waals surface area contributed by atoms with Gasteiger partial charge in [0.2, 0.25) is 15.9 Å². The Labute approximate surface area is 117 Å². The topological polar surface area (TPSA) is 86.7 Å². The fraction of sp³-hybridized carbons (Fsp3) is 0.308. The summed E-state index contributed by atoms with van der Waals surface area (Å²) in [5.74, 6) is 4.87. The van der Waals surface area contributed by atoms with Gasteiger partial charge in [0.1, 0.15) is 6.61 Å². The SMILES string of the molecule is O=C1CN(S(=O)(=O)c2ccc(C#CCO)cc2)CCN1. The molecular weight excluding hydrogens is 280 g/mol. The molecular formula is C13H14N2O4S. The second-order valence-electron chi connectivity index (χ2n) is 4.17. The molecule has 0 bridgehead atoms. The highest BCUT2D eigenvalue weighted by atomic mass is 32.2. The molecule has 0 radical (unpaired) electrons. The number of nitrogens with zero attached hydrogens (tertiary/aromatic N) is 1. The standard InChI is InChI=1S/C13H14N2O4S/c16-9-1-2-11-3-5-12(6-4-11)20(18,19)15-8-7-14-13(17)10-15/h3-6,16H,7-10H2,(H,14,17). The molecule has 106 valence electrons. The molecule has 1 amide bonds. The number of carbonyl (C=O) groups is 1. The molecule has 6 nitrogen and oxygen atoms in total. The zero-order valence-corrected chi connectivity index (χ0v) is 11.5. The first-order valence-electron chi connectivity index (χ1n) is 6.00. The second-order valence-corrected chi connectivity index (χ2v) is 6.11. The summed E-state index contributed by atoms with van der Waals surface area (Å²) in [4.78, 5) is 11.4. The van der Waals surface area contributed by atoms with E-state index in [0.717, 1.165) is 4.31 Å². The van der Waals surface area contributed by atoms with Crippen molar-refractivity contribution in [3.8, 4) is 11.8 Å². The van der Waals surface area contributed by atoms with E-state index >= 15 is 0 Å². The molecule has 1 aromatic rings. The number of carbonyl (C=O) groups excluding carboxylic acids is 1. The van der Waals surface area contributed by atoms with E-state index in [1.54, 1.807) is 12.1 Å². The summed E-state index contributed by atoms with van der Waals surface area (Å²) >= 11 is 0.